The summed E-state index contributed by atoms with van der Waals surface area (Å²) in [4.78, 5) is 14.5. The molecule has 0 radical (unpaired) electrons. The van der Waals surface area contributed by atoms with Gasteiger partial charge in [0, 0.05) is 25.4 Å². The molecule has 0 aliphatic heterocycles. The third-order valence-electron chi connectivity index (χ3n) is 2.36. The average molecular weight is 365 g/mol. The van der Waals surface area contributed by atoms with E-state index < -0.39 is 0 Å². The summed E-state index contributed by atoms with van der Waals surface area (Å²) >= 11 is 0. The van der Waals surface area contributed by atoms with Crippen molar-refractivity contribution < 1.29 is 4.74 Å². The Morgan fingerprint density at radius 2 is 2.11 bits per heavy atom. The van der Waals surface area contributed by atoms with E-state index in [1.165, 1.54) is 0 Å². The molecule has 0 spiro atoms. The van der Waals surface area contributed by atoms with E-state index in [0.29, 0.717) is 24.2 Å². The van der Waals surface area contributed by atoms with Gasteiger partial charge in [-0.3, -0.25) is 0 Å². The Morgan fingerprint density at radius 3 is 2.67 bits per heavy atom. The number of hydrogen-bond acceptors (Lipinski definition) is 4. The first kappa shape index (κ1) is 16.9. The van der Waals surface area contributed by atoms with Crippen molar-refractivity contribution in [3.63, 3.8) is 0 Å². The van der Waals surface area contributed by atoms with E-state index in [1.807, 2.05) is 18.7 Å². The fourth-order valence-corrected chi connectivity index (χ4v) is 1.37. The second-order valence-electron chi connectivity index (χ2n) is 3.36. The van der Waals surface area contributed by atoms with Crippen molar-refractivity contribution in [3.8, 4) is 5.88 Å². The number of aromatic nitrogens is 2. The number of guanidine groups is 1. The lowest BCUT2D eigenvalue weighted by atomic mass is 10.5. The van der Waals surface area contributed by atoms with Crippen molar-refractivity contribution in [2.24, 2.45) is 10.7 Å². The molecule has 0 amide bonds. The minimum absolute atomic E-state index is 0. The number of halogens is 1. The number of aliphatic imine (C=N–C) groups is 1. The molecule has 1 heterocycles. The van der Waals surface area contributed by atoms with Gasteiger partial charge in [-0.15, -0.1) is 24.0 Å². The molecule has 2 N–H and O–H groups in total. The molecule has 0 unspecified atom stereocenters. The van der Waals surface area contributed by atoms with Crippen molar-refractivity contribution in [3.05, 3.63) is 18.1 Å². The number of hydrogen-bond donors (Lipinski definition) is 1. The second kappa shape index (κ2) is 8.90. The standard InChI is InChI=1S/C11H19N5O.HI/c1-4-16(5-2)11(12)14-8-9-13-7-6-10(15-9)17-3;/h6-7H,4-5,8H2,1-3H3,(H2,12,14);1H. The van der Waals surface area contributed by atoms with Gasteiger partial charge in [0.05, 0.1) is 7.11 Å². The van der Waals surface area contributed by atoms with Crippen molar-refractivity contribution in [2.45, 2.75) is 20.4 Å². The Bertz CT molecular complexity index is 381. The predicted octanol–water partition coefficient (Wildman–Crippen LogP) is 1.26. The van der Waals surface area contributed by atoms with Gasteiger partial charge in [0.2, 0.25) is 5.88 Å². The summed E-state index contributed by atoms with van der Waals surface area (Å²) in [6.45, 7) is 6.11. The second-order valence-corrected chi connectivity index (χ2v) is 3.36. The lowest BCUT2D eigenvalue weighted by molar-refractivity contribution is 0.394. The highest BCUT2D eigenvalue weighted by molar-refractivity contribution is 14.0. The van der Waals surface area contributed by atoms with Crippen LogP contribution < -0.4 is 10.5 Å². The molecule has 1 rings (SSSR count). The number of ether oxygens (including phenoxy) is 1. The van der Waals surface area contributed by atoms with Crippen LogP contribution in [0.25, 0.3) is 0 Å². The van der Waals surface area contributed by atoms with Gasteiger partial charge in [-0.25, -0.2) is 9.98 Å². The Labute approximate surface area is 125 Å². The lowest BCUT2D eigenvalue weighted by Gasteiger charge is -2.19. The van der Waals surface area contributed by atoms with E-state index in [4.69, 9.17) is 10.5 Å². The number of rotatable bonds is 5. The van der Waals surface area contributed by atoms with Crippen LogP contribution in [0.4, 0.5) is 0 Å². The quantitative estimate of drug-likeness (QED) is 0.483. The maximum absolute atomic E-state index is 5.85. The normalized spacial score (nSPS) is 10.7. The molecule has 0 aliphatic carbocycles. The Balaban J connectivity index is 0.00000289. The minimum atomic E-state index is 0. The maximum atomic E-state index is 5.85. The molecule has 7 heteroatoms. The van der Waals surface area contributed by atoms with Gasteiger partial charge >= 0.3 is 0 Å². The van der Waals surface area contributed by atoms with E-state index in [2.05, 4.69) is 15.0 Å². The topological polar surface area (TPSA) is 76.6 Å². The van der Waals surface area contributed by atoms with Gasteiger partial charge in [-0.2, -0.15) is 4.98 Å². The zero-order valence-electron chi connectivity index (χ0n) is 11.0. The predicted molar refractivity (Wildman–Crippen MR) is 82.2 cm³/mol. The highest BCUT2D eigenvalue weighted by atomic mass is 127. The molecule has 18 heavy (non-hydrogen) atoms. The average Bonchev–Trinajstić information content (AvgIpc) is 2.38. The van der Waals surface area contributed by atoms with Crippen molar-refractivity contribution >= 4 is 29.9 Å². The van der Waals surface area contributed by atoms with Gasteiger partial charge in [-0.05, 0) is 13.8 Å². The first-order valence-corrected chi connectivity index (χ1v) is 5.62. The fourth-order valence-electron chi connectivity index (χ4n) is 1.37. The summed E-state index contributed by atoms with van der Waals surface area (Å²) in [6, 6.07) is 1.70. The Kier molecular flexibility index (Phi) is 8.34. The van der Waals surface area contributed by atoms with E-state index >= 15 is 0 Å². The molecule has 0 aliphatic rings. The molecule has 102 valence electrons. The smallest absolute Gasteiger partial charge is 0.216 e. The van der Waals surface area contributed by atoms with Crippen molar-refractivity contribution in [1.29, 1.82) is 0 Å². The molecule has 1 aromatic rings. The molecular formula is C11H20IN5O. The molecule has 0 saturated heterocycles. The Morgan fingerprint density at radius 1 is 1.44 bits per heavy atom. The number of nitrogens with zero attached hydrogens (tertiary/aromatic N) is 4. The summed E-state index contributed by atoms with van der Waals surface area (Å²) < 4.78 is 5.01. The van der Waals surface area contributed by atoms with Gasteiger partial charge in [0.25, 0.3) is 0 Å². The van der Waals surface area contributed by atoms with E-state index in [9.17, 15) is 0 Å². The number of methoxy groups -OCH3 is 1. The molecule has 6 nitrogen and oxygen atoms in total. The molecular weight excluding hydrogens is 345 g/mol. The van der Waals surface area contributed by atoms with Crippen LogP contribution >= 0.6 is 24.0 Å². The summed E-state index contributed by atoms with van der Waals surface area (Å²) in [6.07, 6.45) is 1.64. The van der Waals surface area contributed by atoms with Crippen LogP contribution in [-0.4, -0.2) is 41.0 Å². The highest BCUT2D eigenvalue weighted by Gasteiger charge is 2.03. The van der Waals surface area contributed by atoms with E-state index in [0.717, 1.165) is 13.1 Å². The molecule has 0 bridgehead atoms. The Hall–Kier alpha value is -1.12. The SMILES string of the molecule is CCN(CC)C(N)=NCc1nccc(OC)n1.I. The summed E-state index contributed by atoms with van der Waals surface area (Å²) in [7, 11) is 1.57. The van der Waals surface area contributed by atoms with Gasteiger partial charge in [-0.1, -0.05) is 0 Å². The van der Waals surface area contributed by atoms with Crippen LogP contribution in [-0.2, 0) is 6.54 Å². The van der Waals surface area contributed by atoms with E-state index in [-0.39, 0.29) is 24.0 Å². The largest absolute Gasteiger partial charge is 0.481 e. The summed E-state index contributed by atoms with van der Waals surface area (Å²) in [5.74, 6) is 1.65. The molecule has 1 aromatic heterocycles. The maximum Gasteiger partial charge on any atom is 0.216 e. The van der Waals surface area contributed by atoms with Crippen LogP contribution in [0, 0.1) is 0 Å². The van der Waals surface area contributed by atoms with Gasteiger partial charge in [0.1, 0.15) is 6.54 Å². The van der Waals surface area contributed by atoms with Crippen molar-refractivity contribution in [2.75, 3.05) is 20.2 Å². The summed E-state index contributed by atoms with van der Waals surface area (Å²) in [5.41, 5.74) is 5.85. The van der Waals surface area contributed by atoms with Crippen LogP contribution in [0.3, 0.4) is 0 Å². The lowest BCUT2D eigenvalue weighted by Crippen LogP contribution is -2.37. The molecule has 0 aromatic carbocycles. The van der Waals surface area contributed by atoms with Crippen LogP contribution in [0.15, 0.2) is 17.3 Å². The zero-order valence-corrected chi connectivity index (χ0v) is 13.3. The van der Waals surface area contributed by atoms with Crippen LogP contribution in [0.2, 0.25) is 0 Å². The van der Waals surface area contributed by atoms with Crippen LogP contribution in [0.1, 0.15) is 19.7 Å². The van der Waals surface area contributed by atoms with Crippen molar-refractivity contribution in [1.82, 2.24) is 14.9 Å². The van der Waals surface area contributed by atoms with E-state index in [1.54, 1.807) is 19.4 Å². The van der Waals surface area contributed by atoms with Crippen LogP contribution in [0.5, 0.6) is 5.88 Å². The molecule has 0 saturated carbocycles. The number of nitrogens with two attached hydrogens (primary N) is 1. The first-order chi connectivity index (χ1) is 8.21. The summed E-state index contributed by atoms with van der Waals surface area (Å²) in [5, 5.41) is 0. The van der Waals surface area contributed by atoms with Gasteiger partial charge < -0.3 is 15.4 Å². The molecule has 0 fully saturated rings. The molecule has 0 atom stereocenters. The highest BCUT2D eigenvalue weighted by Crippen LogP contribution is 2.04. The first-order valence-electron chi connectivity index (χ1n) is 5.62. The van der Waals surface area contributed by atoms with Gasteiger partial charge in [0.15, 0.2) is 11.8 Å². The third kappa shape index (κ3) is 5.03. The monoisotopic (exact) mass is 365 g/mol. The minimum Gasteiger partial charge on any atom is -0.481 e. The zero-order chi connectivity index (χ0) is 12.7. The third-order valence-corrected chi connectivity index (χ3v) is 2.36. The fraction of sp³-hybridized carbons (Fsp3) is 0.545.